The minimum atomic E-state index is -0.798. The topological polar surface area (TPSA) is 205 Å². The highest BCUT2D eigenvalue weighted by atomic mass is 32.2. The summed E-state index contributed by atoms with van der Waals surface area (Å²) in [6.07, 6.45) is 0.553. The van der Waals surface area contributed by atoms with Crippen molar-refractivity contribution in [1.82, 2.24) is 0 Å². The van der Waals surface area contributed by atoms with Crippen molar-refractivity contribution in [1.29, 1.82) is 10.5 Å². The zero-order valence-electron chi connectivity index (χ0n) is 23.0. The zero-order chi connectivity index (χ0) is 32.5. The first kappa shape index (κ1) is 35.1. The molecule has 1 heterocycles. The minimum Gasteiger partial charge on any atom is -0.462 e. The molecule has 0 N–H and O–H groups in total. The number of benzene rings is 1. The smallest absolute Gasteiger partial charge is 0.330 e. The summed E-state index contributed by atoms with van der Waals surface area (Å²) in [7, 11) is 0. The standard InChI is InChI=1S/C28H24N2O12S2/c1-3-20(31)37-11-13-39-22(33)7-9-24(35)41-18-5-6-19(27-26(18)43-28(44-27)17(15-29)16-30)42-25(36)10-8-23(34)40-14-12-38-21(32)4-2/h3-6H,1-2,7-14H2. The highest BCUT2D eigenvalue weighted by molar-refractivity contribution is 8.24. The first-order valence-corrected chi connectivity index (χ1v) is 14.1. The first-order valence-electron chi connectivity index (χ1n) is 12.5. The molecule has 0 bridgehead atoms. The molecule has 0 spiro atoms. The van der Waals surface area contributed by atoms with E-state index in [1.165, 1.54) is 12.1 Å². The lowest BCUT2D eigenvalue weighted by Gasteiger charge is -2.12. The number of allylic oxidation sites excluding steroid dienone is 1. The van der Waals surface area contributed by atoms with Gasteiger partial charge in [-0.2, -0.15) is 10.5 Å². The lowest BCUT2D eigenvalue weighted by atomic mass is 10.3. The van der Waals surface area contributed by atoms with E-state index in [0.29, 0.717) is 0 Å². The molecule has 0 saturated heterocycles. The molecule has 0 radical (unpaired) electrons. The Hall–Kier alpha value is -5.06. The molecule has 230 valence electrons. The minimum absolute atomic E-state index is 0.0259. The summed E-state index contributed by atoms with van der Waals surface area (Å²) in [5, 5.41) is 18.6. The van der Waals surface area contributed by atoms with Crippen LogP contribution in [0.15, 0.2) is 57.0 Å². The van der Waals surface area contributed by atoms with E-state index < -0.39 is 35.8 Å². The normalized spacial score (nSPS) is 11.0. The van der Waals surface area contributed by atoms with Crippen LogP contribution in [-0.2, 0) is 47.7 Å². The third-order valence-corrected chi connectivity index (χ3v) is 7.51. The summed E-state index contributed by atoms with van der Waals surface area (Å²) in [6.45, 7) is 5.68. The largest absolute Gasteiger partial charge is 0.462 e. The molecule has 0 saturated carbocycles. The highest BCUT2D eigenvalue weighted by Crippen LogP contribution is 2.58. The molecule has 44 heavy (non-hydrogen) atoms. The van der Waals surface area contributed by atoms with Crippen molar-refractivity contribution in [3.8, 4) is 23.6 Å². The van der Waals surface area contributed by atoms with Crippen LogP contribution in [0.5, 0.6) is 11.5 Å². The van der Waals surface area contributed by atoms with Gasteiger partial charge in [-0.1, -0.05) is 36.7 Å². The average Bonchev–Trinajstić information content (AvgIpc) is 3.46. The number of fused-ring (bicyclic) bond motifs is 1. The quantitative estimate of drug-likeness (QED) is 0.0633. The molecule has 1 aromatic rings. The molecule has 1 aromatic carbocycles. The molecule has 1 aliphatic heterocycles. The van der Waals surface area contributed by atoms with E-state index >= 15 is 0 Å². The van der Waals surface area contributed by atoms with E-state index in [2.05, 4.69) is 22.6 Å². The van der Waals surface area contributed by atoms with E-state index in [1.54, 1.807) is 12.1 Å². The maximum Gasteiger partial charge on any atom is 0.330 e. The van der Waals surface area contributed by atoms with Crippen LogP contribution in [0.25, 0.3) is 0 Å². The molecular weight excluding hydrogens is 620 g/mol. The van der Waals surface area contributed by atoms with Crippen molar-refractivity contribution >= 4 is 59.3 Å². The van der Waals surface area contributed by atoms with Crippen LogP contribution in [0, 0.1) is 22.7 Å². The molecule has 1 aliphatic rings. The number of esters is 6. The second-order valence-electron chi connectivity index (χ2n) is 7.94. The number of thioether (sulfide) groups is 2. The van der Waals surface area contributed by atoms with Crippen LogP contribution < -0.4 is 9.47 Å². The van der Waals surface area contributed by atoms with E-state index in [0.717, 1.165) is 35.7 Å². The summed E-state index contributed by atoms with van der Waals surface area (Å²) in [5.74, 6) is -4.35. The van der Waals surface area contributed by atoms with E-state index in [9.17, 15) is 39.3 Å². The Morgan fingerprint density at radius 1 is 0.636 bits per heavy atom. The van der Waals surface area contributed by atoms with Gasteiger partial charge >= 0.3 is 35.8 Å². The Morgan fingerprint density at radius 2 is 1.00 bits per heavy atom. The van der Waals surface area contributed by atoms with Gasteiger partial charge in [-0.15, -0.1) is 0 Å². The van der Waals surface area contributed by atoms with Gasteiger partial charge < -0.3 is 28.4 Å². The molecule has 16 heteroatoms. The monoisotopic (exact) mass is 644 g/mol. The van der Waals surface area contributed by atoms with Crippen LogP contribution in [0.2, 0.25) is 0 Å². The molecule has 0 amide bonds. The van der Waals surface area contributed by atoms with Crippen molar-refractivity contribution in [2.24, 2.45) is 0 Å². The van der Waals surface area contributed by atoms with E-state index in [-0.39, 0.29) is 83.2 Å². The molecule has 14 nitrogen and oxygen atoms in total. The van der Waals surface area contributed by atoms with Crippen molar-refractivity contribution in [3.63, 3.8) is 0 Å². The number of hydrogen-bond acceptors (Lipinski definition) is 16. The molecule has 0 unspecified atom stereocenters. The summed E-state index contributed by atoms with van der Waals surface area (Å²) in [5.41, 5.74) is -0.214. The van der Waals surface area contributed by atoms with Gasteiger partial charge in [0, 0.05) is 12.2 Å². The lowest BCUT2D eigenvalue weighted by molar-refractivity contribution is -0.151. The lowest BCUT2D eigenvalue weighted by Crippen LogP contribution is -2.16. The third-order valence-electron chi connectivity index (χ3n) is 4.89. The van der Waals surface area contributed by atoms with Gasteiger partial charge in [-0.25, -0.2) is 9.59 Å². The maximum absolute atomic E-state index is 12.5. The fourth-order valence-corrected chi connectivity index (χ4v) is 5.40. The van der Waals surface area contributed by atoms with Gasteiger partial charge in [0.05, 0.1) is 39.7 Å². The summed E-state index contributed by atoms with van der Waals surface area (Å²) < 4.78 is 30.1. The summed E-state index contributed by atoms with van der Waals surface area (Å²) in [4.78, 5) is 71.2. The Bertz CT molecular complexity index is 1350. The molecular formula is C28H24N2O12S2. The zero-order valence-corrected chi connectivity index (χ0v) is 24.6. The Labute approximate surface area is 259 Å². The predicted molar refractivity (Wildman–Crippen MR) is 150 cm³/mol. The molecule has 0 atom stereocenters. The van der Waals surface area contributed by atoms with Gasteiger partial charge in [-0.3, -0.25) is 19.2 Å². The Balaban J connectivity index is 2.01. The third kappa shape index (κ3) is 11.7. The predicted octanol–water partition coefficient (Wildman–Crippen LogP) is 3.06. The Morgan fingerprint density at radius 3 is 1.36 bits per heavy atom. The van der Waals surface area contributed by atoms with Crippen LogP contribution in [-0.4, -0.2) is 62.2 Å². The Kier molecular flexibility index (Phi) is 14.8. The van der Waals surface area contributed by atoms with Crippen LogP contribution in [0.3, 0.4) is 0 Å². The van der Waals surface area contributed by atoms with Crippen LogP contribution in [0.4, 0.5) is 0 Å². The number of nitrogens with zero attached hydrogens (tertiary/aromatic N) is 2. The fraction of sp³-hybridized carbons (Fsp3) is 0.286. The maximum atomic E-state index is 12.5. The average molecular weight is 645 g/mol. The van der Waals surface area contributed by atoms with Crippen LogP contribution in [0.1, 0.15) is 25.7 Å². The highest BCUT2D eigenvalue weighted by Gasteiger charge is 2.30. The van der Waals surface area contributed by atoms with Gasteiger partial charge in [0.15, 0.2) is 0 Å². The van der Waals surface area contributed by atoms with Crippen molar-refractivity contribution in [2.75, 3.05) is 26.4 Å². The molecule has 0 aromatic heterocycles. The van der Waals surface area contributed by atoms with E-state index in [1.807, 2.05) is 0 Å². The first-order chi connectivity index (χ1) is 21.1. The van der Waals surface area contributed by atoms with Gasteiger partial charge in [0.2, 0.25) is 0 Å². The number of carbonyl (C=O) groups excluding carboxylic acids is 6. The van der Waals surface area contributed by atoms with Gasteiger partial charge in [0.1, 0.15) is 55.6 Å². The van der Waals surface area contributed by atoms with E-state index in [4.69, 9.17) is 18.9 Å². The number of rotatable bonds is 16. The number of nitriles is 2. The number of hydrogen-bond donors (Lipinski definition) is 0. The molecule has 2 rings (SSSR count). The number of carbonyl (C=O) groups is 6. The SMILES string of the molecule is C=CC(=O)OCCOC(=O)CCC(=O)Oc1ccc(OC(=O)CCC(=O)OCCOC(=O)C=C)c2c1SC(=C(C#N)C#N)S2. The van der Waals surface area contributed by atoms with Crippen molar-refractivity contribution in [2.45, 2.75) is 35.5 Å². The fourth-order valence-electron chi connectivity index (χ4n) is 2.92. The molecule has 0 fully saturated rings. The summed E-state index contributed by atoms with van der Waals surface area (Å²) >= 11 is 1.90. The van der Waals surface area contributed by atoms with Crippen molar-refractivity contribution in [3.05, 3.63) is 47.3 Å². The second kappa shape index (κ2) is 18.5. The number of ether oxygens (including phenoxy) is 6. The summed E-state index contributed by atoms with van der Waals surface area (Å²) in [6, 6.07) is 6.20. The van der Waals surface area contributed by atoms with Crippen molar-refractivity contribution < 1.29 is 57.2 Å². The van der Waals surface area contributed by atoms with Gasteiger partial charge in [-0.05, 0) is 12.1 Å². The van der Waals surface area contributed by atoms with Gasteiger partial charge in [0.25, 0.3) is 0 Å². The second-order valence-corrected chi connectivity index (χ2v) is 10.2. The molecule has 0 aliphatic carbocycles. The van der Waals surface area contributed by atoms with Crippen LogP contribution >= 0.6 is 23.5 Å².